The van der Waals surface area contributed by atoms with E-state index in [0.717, 1.165) is 6.07 Å². The van der Waals surface area contributed by atoms with Crippen LogP contribution in [0.4, 0.5) is 10.2 Å². The Hall–Kier alpha value is -1.76. The maximum Gasteiger partial charge on any atom is 0.173 e. The summed E-state index contributed by atoms with van der Waals surface area (Å²) in [5.74, 6) is -0.459. The SMILES string of the molecule is COc1cc(F)c(-c2cc(N)n[nH]2)c(Br)c1O. The number of nitrogen functional groups attached to an aromatic ring is 1. The van der Waals surface area contributed by atoms with Gasteiger partial charge in [0.25, 0.3) is 0 Å². The third-order valence-corrected chi connectivity index (χ3v) is 3.02. The van der Waals surface area contributed by atoms with Crippen molar-refractivity contribution < 1.29 is 14.2 Å². The number of nitrogens with two attached hydrogens (primary N) is 1. The number of methoxy groups -OCH3 is 1. The predicted octanol–water partition coefficient (Wildman–Crippen LogP) is 2.27. The molecule has 0 unspecified atom stereocenters. The van der Waals surface area contributed by atoms with Crippen molar-refractivity contribution >= 4 is 21.7 Å². The van der Waals surface area contributed by atoms with Crippen LogP contribution in [0.3, 0.4) is 0 Å². The quantitative estimate of drug-likeness (QED) is 0.794. The van der Waals surface area contributed by atoms with E-state index in [1.54, 1.807) is 0 Å². The summed E-state index contributed by atoms with van der Waals surface area (Å²) in [6.07, 6.45) is 0. The van der Waals surface area contributed by atoms with E-state index in [1.807, 2.05) is 0 Å². The van der Waals surface area contributed by atoms with Crippen molar-refractivity contribution in [3.8, 4) is 22.8 Å². The van der Waals surface area contributed by atoms with Gasteiger partial charge in [-0.05, 0) is 15.9 Å². The van der Waals surface area contributed by atoms with Crippen molar-refractivity contribution in [3.63, 3.8) is 0 Å². The van der Waals surface area contributed by atoms with E-state index in [-0.39, 0.29) is 27.4 Å². The lowest BCUT2D eigenvalue weighted by atomic mass is 10.1. The van der Waals surface area contributed by atoms with Gasteiger partial charge < -0.3 is 15.6 Å². The highest BCUT2D eigenvalue weighted by atomic mass is 79.9. The standard InChI is InChI=1S/C10H9BrFN3O2/c1-17-6-2-4(12)8(9(11)10(6)16)5-3-7(13)15-14-5/h2-3,16H,1H3,(H3,13,14,15). The van der Waals surface area contributed by atoms with Crippen LogP contribution in [0.2, 0.25) is 0 Å². The van der Waals surface area contributed by atoms with Crippen LogP contribution in [-0.2, 0) is 0 Å². The highest BCUT2D eigenvalue weighted by molar-refractivity contribution is 9.10. The minimum atomic E-state index is -0.560. The van der Waals surface area contributed by atoms with Gasteiger partial charge in [-0.15, -0.1) is 0 Å². The zero-order valence-electron chi connectivity index (χ0n) is 8.79. The van der Waals surface area contributed by atoms with Gasteiger partial charge in [-0.3, -0.25) is 5.10 Å². The number of aromatic nitrogens is 2. The van der Waals surface area contributed by atoms with Crippen LogP contribution in [0, 0.1) is 5.82 Å². The van der Waals surface area contributed by atoms with E-state index >= 15 is 0 Å². The molecule has 2 aromatic rings. The Balaban J connectivity index is 2.66. The van der Waals surface area contributed by atoms with Crippen LogP contribution < -0.4 is 10.5 Å². The van der Waals surface area contributed by atoms with Crippen molar-refractivity contribution in [1.82, 2.24) is 10.2 Å². The highest BCUT2D eigenvalue weighted by Gasteiger charge is 2.19. The zero-order valence-corrected chi connectivity index (χ0v) is 10.4. The summed E-state index contributed by atoms with van der Waals surface area (Å²) in [5.41, 5.74) is 5.95. The van der Waals surface area contributed by atoms with E-state index in [1.165, 1.54) is 13.2 Å². The first kappa shape index (κ1) is 11.7. The molecule has 90 valence electrons. The van der Waals surface area contributed by atoms with Gasteiger partial charge in [-0.2, -0.15) is 5.10 Å². The average molecular weight is 302 g/mol. The topological polar surface area (TPSA) is 84.2 Å². The zero-order chi connectivity index (χ0) is 12.6. The summed E-state index contributed by atoms with van der Waals surface area (Å²) < 4.78 is 18.9. The smallest absolute Gasteiger partial charge is 0.173 e. The minimum Gasteiger partial charge on any atom is -0.503 e. The van der Waals surface area contributed by atoms with E-state index in [4.69, 9.17) is 10.5 Å². The number of phenolic OH excluding ortho intramolecular Hbond substituents is 1. The fraction of sp³-hybridized carbons (Fsp3) is 0.100. The Labute approximate surface area is 105 Å². The van der Waals surface area contributed by atoms with Crippen LogP contribution in [0.15, 0.2) is 16.6 Å². The lowest BCUT2D eigenvalue weighted by molar-refractivity contribution is 0.369. The molecule has 0 aliphatic carbocycles. The normalized spacial score (nSPS) is 10.5. The number of hydrogen-bond donors (Lipinski definition) is 3. The molecule has 0 saturated heterocycles. The second-order valence-corrected chi connectivity index (χ2v) is 4.10. The summed E-state index contributed by atoms with van der Waals surface area (Å²) >= 11 is 3.11. The largest absolute Gasteiger partial charge is 0.503 e. The molecule has 0 saturated carbocycles. The number of nitrogens with one attached hydrogen (secondary N) is 1. The monoisotopic (exact) mass is 301 g/mol. The van der Waals surface area contributed by atoms with Gasteiger partial charge in [0.15, 0.2) is 11.5 Å². The molecule has 0 bridgehead atoms. The first-order valence-electron chi connectivity index (χ1n) is 4.60. The summed E-state index contributed by atoms with van der Waals surface area (Å²) in [6.45, 7) is 0. The number of nitrogens with zero attached hydrogens (tertiary/aromatic N) is 1. The third kappa shape index (κ3) is 1.93. The lowest BCUT2D eigenvalue weighted by Crippen LogP contribution is -1.92. The Bertz CT molecular complexity index is 571. The molecular weight excluding hydrogens is 293 g/mol. The summed E-state index contributed by atoms with van der Waals surface area (Å²) in [4.78, 5) is 0. The number of aromatic hydroxyl groups is 1. The molecule has 7 heteroatoms. The minimum absolute atomic E-state index is 0.0469. The molecule has 2 rings (SSSR count). The number of phenols is 1. The summed E-state index contributed by atoms with van der Waals surface area (Å²) in [6, 6.07) is 2.56. The van der Waals surface area contributed by atoms with Gasteiger partial charge >= 0.3 is 0 Å². The van der Waals surface area contributed by atoms with Crippen molar-refractivity contribution in [3.05, 3.63) is 22.4 Å². The summed E-state index contributed by atoms with van der Waals surface area (Å²) in [7, 11) is 1.34. The molecule has 5 nitrogen and oxygen atoms in total. The molecule has 0 aliphatic rings. The van der Waals surface area contributed by atoms with Crippen LogP contribution in [0.1, 0.15) is 0 Å². The number of anilines is 1. The molecule has 1 heterocycles. The van der Waals surface area contributed by atoms with Crippen LogP contribution >= 0.6 is 15.9 Å². The maximum absolute atomic E-state index is 13.9. The fourth-order valence-electron chi connectivity index (χ4n) is 1.45. The molecule has 17 heavy (non-hydrogen) atoms. The van der Waals surface area contributed by atoms with Crippen LogP contribution in [-0.4, -0.2) is 22.4 Å². The molecule has 4 N–H and O–H groups in total. The number of ether oxygens (including phenoxy) is 1. The lowest BCUT2D eigenvalue weighted by Gasteiger charge is -2.10. The molecule has 0 radical (unpaired) electrons. The second kappa shape index (κ2) is 4.25. The van der Waals surface area contributed by atoms with Gasteiger partial charge in [0.1, 0.15) is 11.6 Å². The van der Waals surface area contributed by atoms with Crippen LogP contribution in [0.5, 0.6) is 11.5 Å². The van der Waals surface area contributed by atoms with E-state index in [9.17, 15) is 9.50 Å². The Morgan fingerprint density at radius 2 is 2.24 bits per heavy atom. The van der Waals surface area contributed by atoms with Crippen molar-refractivity contribution in [2.45, 2.75) is 0 Å². The number of hydrogen-bond acceptors (Lipinski definition) is 4. The van der Waals surface area contributed by atoms with Crippen molar-refractivity contribution in [2.24, 2.45) is 0 Å². The van der Waals surface area contributed by atoms with Crippen molar-refractivity contribution in [2.75, 3.05) is 12.8 Å². The maximum atomic E-state index is 13.9. The number of benzene rings is 1. The molecular formula is C10H9BrFN3O2. The Morgan fingerprint density at radius 1 is 1.53 bits per heavy atom. The fourth-order valence-corrected chi connectivity index (χ4v) is 2.05. The second-order valence-electron chi connectivity index (χ2n) is 3.30. The van der Waals surface area contributed by atoms with Gasteiger partial charge in [-0.1, -0.05) is 0 Å². The molecule has 1 aromatic heterocycles. The number of H-pyrrole nitrogens is 1. The van der Waals surface area contributed by atoms with E-state index in [0.29, 0.717) is 5.69 Å². The van der Waals surface area contributed by atoms with E-state index < -0.39 is 5.82 Å². The number of aromatic amines is 1. The molecule has 0 aliphatic heterocycles. The van der Waals surface area contributed by atoms with Gasteiger partial charge in [0.2, 0.25) is 0 Å². The van der Waals surface area contributed by atoms with Gasteiger partial charge in [-0.25, -0.2) is 4.39 Å². The summed E-state index contributed by atoms with van der Waals surface area (Å²) in [5, 5.41) is 16.0. The molecule has 0 fully saturated rings. The van der Waals surface area contributed by atoms with Crippen molar-refractivity contribution in [1.29, 1.82) is 0 Å². The molecule has 0 atom stereocenters. The Morgan fingerprint density at radius 3 is 2.76 bits per heavy atom. The molecule has 0 spiro atoms. The number of halogens is 2. The number of rotatable bonds is 2. The third-order valence-electron chi connectivity index (χ3n) is 2.24. The Kier molecular flexibility index (Phi) is 2.93. The molecule has 1 aromatic carbocycles. The van der Waals surface area contributed by atoms with Gasteiger partial charge in [0.05, 0.1) is 22.8 Å². The first-order valence-corrected chi connectivity index (χ1v) is 5.40. The van der Waals surface area contributed by atoms with E-state index in [2.05, 4.69) is 26.1 Å². The molecule has 0 amide bonds. The first-order chi connectivity index (χ1) is 8.04. The van der Waals surface area contributed by atoms with Crippen LogP contribution in [0.25, 0.3) is 11.3 Å². The van der Waals surface area contributed by atoms with Gasteiger partial charge in [0, 0.05) is 12.1 Å². The highest BCUT2D eigenvalue weighted by Crippen LogP contribution is 2.42. The predicted molar refractivity (Wildman–Crippen MR) is 64.3 cm³/mol. The average Bonchev–Trinajstić information content (AvgIpc) is 2.70.